The van der Waals surface area contributed by atoms with Gasteiger partial charge in [-0.3, -0.25) is 19.4 Å². The number of urea groups is 1. The van der Waals surface area contributed by atoms with Crippen molar-refractivity contribution in [2.24, 2.45) is 5.92 Å². The predicted molar refractivity (Wildman–Crippen MR) is 106 cm³/mol. The lowest BCUT2D eigenvalue weighted by Crippen LogP contribution is -2.42. The smallest absolute Gasteiger partial charge is 0.277 e. The molecule has 4 amide bonds. The molecular formula is C22H25N3O3. The van der Waals surface area contributed by atoms with Crippen molar-refractivity contribution >= 4 is 17.8 Å². The SMILES string of the molecule is CC(C)CN1C(=O)C(=O)N(CN(C)C(c2ccccc2)c2ccccc2)C1=O. The Labute approximate surface area is 165 Å². The molecule has 3 rings (SSSR count). The molecule has 0 spiro atoms. The van der Waals surface area contributed by atoms with Gasteiger partial charge in [0.2, 0.25) is 0 Å². The average Bonchev–Trinajstić information content (AvgIpc) is 2.88. The fraction of sp³-hybridized carbons (Fsp3) is 0.318. The molecule has 0 aliphatic carbocycles. The fourth-order valence-corrected chi connectivity index (χ4v) is 3.48. The summed E-state index contributed by atoms with van der Waals surface area (Å²) in [5.41, 5.74) is 2.08. The molecule has 0 atom stereocenters. The lowest BCUT2D eigenvalue weighted by molar-refractivity contribution is -0.144. The van der Waals surface area contributed by atoms with Crippen molar-refractivity contribution < 1.29 is 14.4 Å². The summed E-state index contributed by atoms with van der Waals surface area (Å²) in [5, 5.41) is 0. The number of hydrogen-bond acceptors (Lipinski definition) is 4. The maximum atomic E-state index is 12.7. The fourth-order valence-electron chi connectivity index (χ4n) is 3.48. The molecule has 6 heteroatoms. The van der Waals surface area contributed by atoms with Crippen molar-refractivity contribution in [3.8, 4) is 0 Å². The molecule has 0 saturated carbocycles. The van der Waals surface area contributed by atoms with Crippen molar-refractivity contribution in [1.29, 1.82) is 0 Å². The van der Waals surface area contributed by atoms with Gasteiger partial charge in [0, 0.05) is 6.54 Å². The van der Waals surface area contributed by atoms with E-state index in [4.69, 9.17) is 0 Å². The lowest BCUT2D eigenvalue weighted by Gasteiger charge is -2.31. The van der Waals surface area contributed by atoms with Crippen LogP contribution in [0.25, 0.3) is 0 Å². The maximum absolute atomic E-state index is 12.7. The van der Waals surface area contributed by atoms with Crippen molar-refractivity contribution in [3.63, 3.8) is 0 Å². The summed E-state index contributed by atoms with van der Waals surface area (Å²) in [5.74, 6) is -1.42. The highest BCUT2D eigenvalue weighted by molar-refractivity contribution is 6.44. The summed E-state index contributed by atoms with van der Waals surface area (Å²) in [6.07, 6.45) is 0. The van der Waals surface area contributed by atoms with E-state index in [0.717, 1.165) is 20.9 Å². The van der Waals surface area contributed by atoms with E-state index < -0.39 is 17.8 Å². The number of imide groups is 2. The molecule has 146 valence electrons. The molecule has 0 radical (unpaired) electrons. The number of carbonyl (C=O) groups is 3. The van der Waals surface area contributed by atoms with Crippen molar-refractivity contribution in [2.45, 2.75) is 19.9 Å². The molecule has 1 saturated heterocycles. The highest BCUT2D eigenvalue weighted by atomic mass is 16.2. The molecule has 0 unspecified atom stereocenters. The lowest BCUT2D eigenvalue weighted by atomic mass is 9.98. The first-order valence-corrected chi connectivity index (χ1v) is 9.37. The van der Waals surface area contributed by atoms with Gasteiger partial charge in [-0.05, 0) is 24.1 Å². The Morgan fingerprint density at radius 3 is 1.71 bits per heavy atom. The van der Waals surface area contributed by atoms with Crippen LogP contribution in [0.3, 0.4) is 0 Å². The number of amides is 4. The first-order valence-electron chi connectivity index (χ1n) is 9.37. The first-order chi connectivity index (χ1) is 13.4. The Morgan fingerprint density at radius 1 is 0.786 bits per heavy atom. The summed E-state index contributed by atoms with van der Waals surface area (Å²) < 4.78 is 0. The van der Waals surface area contributed by atoms with Gasteiger partial charge in [0.15, 0.2) is 0 Å². The molecule has 2 aromatic rings. The van der Waals surface area contributed by atoms with Gasteiger partial charge in [-0.1, -0.05) is 74.5 Å². The molecule has 1 heterocycles. The highest BCUT2D eigenvalue weighted by Gasteiger charge is 2.45. The summed E-state index contributed by atoms with van der Waals surface area (Å²) in [7, 11) is 1.85. The van der Waals surface area contributed by atoms with Crippen LogP contribution >= 0.6 is 0 Å². The van der Waals surface area contributed by atoms with Crippen LogP contribution in [0.1, 0.15) is 31.0 Å². The zero-order valence-electron chi connectivity index (χ0n) is 16.4. The topological polar surface area (TPSA) is 60.9 Å². The summed E-state index contributed by atoms with van der Waals surface area (Å²) in [6, 6.07) is 19.1. The molecular weight excluding hydrogens is 354 g/mol. The quantitative estimate of drug-likeness (QED) is 0.548. The van der Waals surface area contributed by atoms with Gasteiger partial charge in [-0.15, -0.1) is 0 Å². The molecule has 0 aromatic heterocycles. The number of nitrogens with zero attached hydrogens (tertiary/aromatic N) is 3. The molecule has 0 bridgehead atoms. The highest BCUT2D eigenvalue weighted by Crippen LogP contribution is 2.28. The Hall–Kier alpha value is -2.99. The number of benzene rings is 2. The second kappa shape index (κ2) is 8.35. The molecule has 1 aliphatic heterocycles. The third kappa shape index (κ3) is 3.97. The van der Waals surface area contributed by atoms with Gasteiger partial charge >= 0.3 is 17.8 Å². The minimum Gasteiger partial charge on any atom is -0.277 e. The van der Waals surface area contributed by atoms with E-state index in [9.17, 15) is 14.4 Å². The Bertz CT molecular complexity index is 812. The predicted octanol–water partition coefficient (Wildman–Crippen LogP) is 3.11. The van der Waals surface area contributed by atoms with E-state index in [0.29, 0.717) is 0 Å². The number of carbonyl (C=O) groups excluding carboxylic acids is 3. The molecule has 1 fully saturated rings. The molecule has 0 N–H and O–H groups in total. The minimum absolute atomic E-state index is 0.0342. The van der Waals surface area contributed by atoms with Gasteiger partial charge in [-0.25, -0.2) is 9.69 Å². The van der Waals surface area contributed by atoms with Gasteiger partial charge in [0.25, 0.3) is 0 Å². The van der Waals surface area contributed by atoms with Crippen LogP contribution in [0.2, 0.25) is 0 Å². The first kappa shape index (κ1) is 19.8. The van der Waals surface area contributed by atoms with Crippen molar-refractivity contribution in [3.05, 3.63) is 71.8 Å². The van der Waals surface area contributed by atoms with Crippen molar-refractivity contribution in [2.75, 3.05) is 20.3 Å². The van der Waals surface area contributed by atoms with E-state index >= 15 is 0 Å². The Kier molecular flexibility index (Phi) is 5.90. The monoisotopic (exact) mass is 379 g/mol. The third-order valence-corrected chi connectivity index (χ3v) is 4.72. The summed E-state index contributed by atoms with van der Waals surface area (Å²) in [6.45, 7) is 4.08. The third-order valence-electron chi connectivity index (χ3n) is 4.72. The standard InChI is InChI=1S/C22H25N3O3/c1-16(2)14-24-20(26)21(27)25(22(24)28)15-23(3)19(17-10-6-4-7-11-17)18-12-8-5-9-13-18/h4-13,16,19H,14-15H2,1-3H3. The largest absolute Gasteiger partial charge is 0.335 e. The van der Waals surface area contributed by atoms with E-state index in [1.807, 2.05) is 86.5 Å². The maximum Gasteiger partial charge on any atom is 0.335 e. The molecule has 1 aliphatic rings. The van der Waals surface area contributed by atoms with Gasteiger partial charge in [-0.2, -0.15) is 0 Å². The zero-order valence-corrected chi connectivity index (χ0v) is 16.4. The van der Waals surface area contributed by atoms with Crippen LogP contribution in [0.15, 0.2) is 60.7 Å². The second-order valence-electron chi connectivity index (χ2n) is 7.45. The summed E-state index contributed by atoms with van der Waals surface area (Å²) >= 11 is 0. The van der Waals surface area contributed by atoms with Crippen LogP contribution in [0.4, 0.5) is 4.79 Å². The van der Waals surface area contributed by atoms with Gasteiger partial charge in [0.1, 0.15) is 0 Å². The second-order valence-corrected chi connectivity index (χ2v) is 7.45. The van der Waals surface area contributed by atoms with E-state index in [-0.39, 0.29) is 25.2 Å². The van der Waals surface area contributed by atoms with Crippen LogP contribution in [-0.4, -0.2) is 52.8 Å². The number of rotatable bonds is 7. The van der Waals surface area contributed by atoms with Crippen LogP contribution < -0.4 is 0 Å². The van der Waals surface area contributed by atoms with Crippen LogP contribution in [0.5, 0.6) is 0 Å². The molecule has 2 aromatic carbocycles. The van der Waals surface area contributed by atoms with Crippen LogP contribution in [-0.2, 0) is 9.59 Å². The molecule has 6 nitrogen and oxygen atoms in total. The Morgan fingerprint density at radius 2 is 1.25 bits per heavy atom. The van der Waals surface area contributed by atoms with E-state index in [2.05, 4.69) is 0 Å². The van der Waals surface area contributed by atoms with Gasteiger partial charge in [0.05, 0.1) is 12.7 Å². The molecule has 28 heavy (non-hydrogen) atoms. The van der Waals surface area contributed by atoms with E-state index in [1.165, 1.54) is 0 Å². The van der Waals surface area contributed by atoms with Gasteiger partial charge < -0.3 is 0 Å². The van der Waals surface area contributed by atoms with Crippen LogP contribution in [0, 0.1) is 5.92 Å². The normalized spacial score (nSPS) is 14.9. The average molecular weight is 379 g/mol. The Balaban J connectivity index is 1.86. The van der Waals surface area contributed by atoms with Crippen molar-refractivity contribution in [1.82, 2.24) is 14.7 Å². The van der Waals surface area contributed by atoms with E-state index in [1.54, 1.807) is 0 Å². The number of hydrogen-bond donors (Lipinski definition) is 0. The zero-order chi connectivity index (χ0) is 20.3. The minimum atomic E-state index is -0.766. The summed E-state index contributed by atoms with van der Waals surface area (Å²) in [4.78, 5) is 41.3.